The second-order valence-corrected chi connectivity index (χ2v) is 15.1. The molecule has 2 fully saturated rings. The Morgan fingerprint density at radius 2 is 1.96 bits per heavy atom. The lowest BCUT2D eigenvalue weighted by Gasteiger charge is -2.43. The number of halogens is 2. The number of aryl methyl sites for hydroxylation is 2. The maximum atomic E-state index is 13.6. The van der Waals surface area contributed by atoms with E-state index in [1.165, 1.54) is 28.6 Å². The van der Waals surface area contributed by atoms with Gasteiger partial charge in [-0.1, -0.05) is 56.2 Å². The lowest BCUT2D eigenvalue weighted by Crippen LogP contribution is -2.57. The topological polar surface area (TPSA) is 63.3 Å². The van der Waals surface area contributed by atoms with E-state index in [1.54, 1.807) is 12.0 Å². The Labute approximate surface area is 288 Å². The van der Waals surface area contributed by atoms with Crippen molar-refractivity contribution >= 4 is 23.5 Å². The Morgan fingerprint density at radius 1 is 1.12 bits per heavy atom. The van der Waals surface area contributed by atoms with Gasteiger partial charge in [-0.3, -0.25) is 14.4 Å². The number of likely N-dealkylation sites (tertiary alicyclic amines) is 1. The van der Waals surface area contributed by atoms with Crippen molar-refractivity contribution in [3.8, 4) is 5.75 Å². The number of fused-ring (bicyclic) bond motifs is 2. The molecule has 1 saturated heterocycles. The number of hydrogen-bond donors (Lipinski definition) is 1. The van der Waals surface area contributed by atoms with Crippen molar-refractivity contribution in [2.75, 3.05) is 57.9 Å². The fourth-order valence-electron chi connectivity index (χ4n) is 7.74. The normalized spacial score (nSPS) is 29.8. The van der Waals surface area contributed by atoms with Gasteiger partial charge >= 0.3 is 0 Å². The number of rotatable bonds is 8. The molecule has 3 heterocycles. The van der Waals surface area contributed by atoms with Crippen molar-refractivity contribution in [2.45, 2.75) is 81.8 Å². The Balaban J connectivity index is 1.26. The number of nitrogens with zero attached hydrogens (tertiary/aromatic N) is 2. The summed E-state index contributed by atoms with van der Waals surface area (Å²) >= 11 is 1.28. The average Bonchev–Trinajstić information content (AvgIpc) is 3.21. The van der Waals surface area contributed by atoms with E-state index >= 15 is 0 Å². The molecular formula is C38H51F2N3O4S. The molecule has 6 rings (SSSR count). The van der Waals surface area contributed by atoms with E-state index in [9.17, 15) is 13.6 Å². The van der Waals surface area contributed by atoms with Crippen molar-refractivity contribution in [1.29, 1.82) is 0 Å². The van der Waals surface area contributed by atoms with Crippen molar-refractivity contribution in [3.05, 3.63) is 65.2 Å². The highest BCUT2D eigenvalue weighted by molar-refractivity contribution is 7.98. The summed E-state index contributed by atoms with van der Waals surface area (Å²) in [6.45, 7) is 8.83. The summed E-state index contributed by atoms with van der Waals surface area (Å²) < 4.78 is 48.4. The molecule has 2 aromatic carbocycles. The van der Waals surface area contributed by atoms with Gasteiger partial charge in [0.1, 0.15) is 11.9 Å². The summed E-state index contributed by atoms with van der Waals surface area (Å²) in [6.07, 6.45) is 8.60. The molecule has 1 saturated carbocycles. The highest BCUT2D eigenvalue weighted by Gasteiger charge is 2.43. The van der Waals surface area contributed by atoms with Gasteiger partial charge in [-0.15, -0.1) is 0 Å². The molecule has 1 amide bonds. The van der Waals surface area contributed by atoms with Crippen LogP contribution in [0.4, 0.5) is 14.5 Å². The van der Waals surface area contributed by atoms with Crippen molar-refractivity contribution in [3.63, 3.8) is 0 Å². The van der Waals surface area contributed by atoms with Crippen molar-refractivity contribution in [1.82, 2.24) is 9.62 Å². The van der Waals surface area contributed by atoms with Gasteiger partial charge < -0.3 is 19.1 Å². The molecule has 7 nitrogen and oxygen atoms in total. The van der Waals surface area contributed by atoms with Crippen LogP contribution in [0.25, 0.3) is 0 Å². The Kier molecular flexibility index (Phi) is 11.3. The summed E-state index contributed by atoms with van der Waals surface area (Å²) in [7, 11) is 1.78. The molecule has 0 spiro atoms. The van der Waals surface area contributed by atoms with E-state index in [2.05, 4.69) is 59.9 Å². The number of amides is 1. The van der Waals surface area contributed by atoms with Crippen molar-refractivity contribution < 1.29 is 27.8 Å². The van der Waals surface area contributed by atoms with Gasteiger partial charge in [-0.05, 0) is 91.6 Å². The number of carbonyl (C=O) groups is 1. The van der Waals surface area contributed by atoms with Crippen molar-refractivity contribution in [2.24, 2.45) is 17.8 Å². The number of ether oxygens (including phenoxy) is 3. The van der Waals surface area contributed by atoms with E-state index in [-0.39, 0.29) is 43.5 Å². The molecular weight excluding hydrogens is 632 g/mol. The first-order valence-corrected chi connectivity index (χ1v) is 18.4. The van der Waals surface area contributed by atoms with Gasteiger partial charge in [0.05, 0.1) is 38.1 Å². The van der Waals surface area contributed by atoms with Crippen LogP contribution < -0.4 is 14.4 Å². The summed E-state index contributed by atoms with van der Waals surface area (Å²) in [6, 6.07) is 13.0. The number of benzene rings is 2. The van der Waals surface area contributed by atoms with Crippen LogP contribution in [0.1, 0.15) is 62.1 Å². The molecule has 2 bridgehead atoms. The Hall–Kier alpha value is -2.66. The van der Waals surface area contributed by atoms with E-state index in [0.717, 1.165) is 55.1 Å². The first kappa shape index (κ1) is 35.2. The van der Waals surface area contributed by atoms with Crippen LogP contribution in [0.3, 0.4) is 0 Å². The van der Waals surface area contributed by atoms with Gasteiger partial charge in [0, 0.05) is 37.6 Å². The predicted molar refractivity (Wildman–Crippen MR) is 187 cm³/mol. The van der Waals surface area contributed by atoms with E-state index in [0.29, 0.717) is 31.4 Å². The summed E-state index contributed by atoms with van der Waals surface area (Å²) in [4.78, 5) is 18.7. The molecule has 4 aliphatic rings. The fourth-order valence-corrected chi connectivity index (χ4v) is 8.38. The minimum absolute atomic E-state index is 0.0150. The number of allylic oxidation sites excluding steroid dienone is 1. The quantitative estimate of drug-likeness (QED) is 0.237. The summed E-state index contributed by atoms with van der Waals surface area (Å²) in [5, 5.41) is 0. The maximum Gasteiger partial charge on any atom is 0.272 e. The Bertz CT molecular complexity index is 1450. The van der Waals surface area contributed by atoms with E-state index in [1.807, 2.05) is 19.1 Å². The SMILES string of the molecule is CCCc1cc(C)ccc1C1COc2ccc3cc2N(C1)CC1CCC1C(OC)/C=C/CC(C)C(OCCN1CC(F)(F)C1)C(=O)NS3. The molecule has 6 atom stereocenters. The third-order valence-electron chi connectivity index (χ3n) is 10.5. The molecule has 1 aliphatic carbocycles. The molecule has 48 heavy (non-hydrogen) atoms. The van der Waals surface area contributed by atoms with E-state index < -0.39 is 12.0 Å². The largest absolute Gasteiger partial charge is 0.491 e. The smallest absolute Gasteiger partial charge is 0.272 e. The fraction of sp³-hybridized carbons (Fsp3) is 0.605. The second-order valence-electron chi connectivity index (χ2n) is 14.3. The van der Waals surface area contributed by atoms with Crippen LogP contribution >= 0.6 is 11.9 Å². The number of methoxy groups -OCH3 is 1. The average molecular weight is 684 g/mol. The minimum Gasteiger partial charge on any atom is -0.491 e. The highest BCUT2D eigenvalue weighted by Crippen LogP contribution is 2.43. The molecule has 6 unspecified atom stereocenters. The number of anilines is 1. The first-order valence-electron chi connectivity index (χ1n) is 17.6. The first-order chi connectivity index (χ1) is 23.1. The summed E-state index contributed by atoms with van der Waals surface area (Å²) in [5.74, 6) is -1.00. The van der Waals surface area contributed by atoms with Gasteiger partial charge in [0.15, 0.2) is 0 Å². The van der Waals surface area contributed by atoms with Gasteiger partial charge in [0.25, 0.3) is 11.8 Å². The zero-order valence-corrected chi connectivity index (χ0v) is 29.6. The molecule has 10 heteroatoms. The maximum absolute atomic E-state index is 13.6. The minimum atomic E-state index is -2.63. The van der Waals surface area contributed by atoms with Crippen LogP contribution in [-0.4, -0.2) is 82.0 Å². The van der Waals surface area contributed by atoms with Gasteiger partial charge in [0.2, 0.25) is 0 Å². The van der Waals surface area contributed by atoms with Crippen LogP contribution in [0, 0.1) is 24.7 Å². The monoisotopic (exact) mass is 683 g/mol. The van der Waals surface area contributed by atoms with Gasteiger partial charge in [-0.25, -0.2) is 8.78 Å². The number of nitrogens with one attached hydrogen (secondary N) is 1. The Morgan fingerprint density at radius 3 is 2.69 bits per heavy atom. The van der Waals surface area contributed by atoms with Gasteiger partial charge in [-0.2, -0.15) is 0 Å². The lowest BCUT2D eigenvalue weighted by molar-refractivity contribution is -0.145. The predicted octanol–water partition coefficient (Wildman–Crippen LogP) is 7.03. The van der Waals surface area contributed by atoms with Crippen LogP contribution in [0.5, 0.6) is 5.75 Å². The summed E-state index contributed by atoms with van der Waals surface area (Å²) in [5.41, 5.74) is 5.11. The molecule has 1 N–H and O–H groups in total. The second kappa shape index (κ2) is 15.5. The number of carbonyl (C=O) groups excluding carboxylic acids is 1. The molecule has 0 aromatic heterocycles. The zero-order valence-electron chi connectivity index (χ0n) is 28.8. The third kappa shape index (κ3) is 8.20. The zero-order chi connectivity index (χ0) is 33.8. The molecule has 0 radical (unpaired) electrons. The number of alkyl halides is 2. The van der Waals surface area contributed by atoms with Crippen LogP contribution in [0.15, 0.2) is 53.4 Å². The number of hydrogen-bond acceptors (Lipinski definition) is 7. The third-order valence-corrected chi connectivity index (χ3v) is 11.3. The van der Waals surface area contributed by atoms with E-state index in [4.69, 9.17) is 14.2 Å². The molecule has 262 valence electrons. The molecule has 2 aromatic rings. The standard InChI is InChI=1S/C38H51F2N3O4S/c1-5-7-27-18-25(2)10-13-31(27)29-21-43-20-28-11-14-32(28)34(45-4)9-6-8-26(3)36(46-17-16-42-23-38(39,40)24-42)37(44)41-48-30-12-15-35(47-22-29)33(43)19-30/h6,9-10,12-13,15,18-19,26,28-29,32,34,36H,5,7-8,11,14,16-17,20-24H2,1-4H3,(H,41,44)/b9-6+. The molecule has 3 aliphatic heterocycles. The van der Waals surface area contributed by atoms with Crippen LogP contribution in [-0.2, 0) is 20.7 Å². The van der Waals surface area contributed by atoms with Crippen LogP contribution in [0.2, 0.25) is 0 Å². The highest BCUT2D eigenvalue weighted by atomic mass is 32.2. The lowest BCUT2D eigenvalue weighted by atomic mass is 9.70.